The van der Waals surface area contributed by atoms with Gasteiger partial charge in [0.05, 0.1) is 5.75 Å². The molecule has 156 valence electrons. The van der Waals surface area contributed by atoms with Crippen molar-refractivity contribution in [1.82, 2.24) is 10.2 Å². The van der Waals surface area contributed by atoms with Crippen molar-refractivity contribution in [2.45, 2.75) is 45.4 Å². The highest BCUT2D eigenvalue weighted by molar-refractivity contribution is 7.99. The van der Waals surface area contributed by atoms with Gasteiger partial charge in [-0.05, 0) is 37.8 Å². The van der Waals surface area contributed by atoms with Crippen LogP contribution in [0.25, 0.3) is 0 Å². The highest BCUT2D eigenvalue weighted by Crippen LogP contribution is 2.15. The van der Waals surface area contributed by atoms with Crippen molar-refractivity contribution in [1.29, 1.82) is 0 Å². The summed E-state index contributed by atoms with van der Waals surface area (Å²) >= 11 is 1.60. The van der Waals surface area contributed by atoms with E-state index in [9.17, 15) is 9.59 Å². The molecule has 0 aliphatic rings. The fraction of sp³-hybridized carbons (Fsp3) is 0.417. The zero-order valence-corrected chi connectivity index (χ0v) is 18.5. The fourth-order valence-corrected chi connectivity index (χ4v) is 3.96. The number of hydrogen-bond acceptors (Lipinski definition) is 3. The van der Waals surface area contributed by atoms with E-state index >= 15 is 0 Å². The van der Waals surface area contributed by atoms with Gasteiger partial charge in [0.2, 0.25) is 11.8 Å². The van der Waals surface area contributed by atoms with Crippen molar-refractivity contribution in [3.8, 4) is 0 Å². The Hall–Kier alpha value is -2.27. The predicted molar refractivity (Wildman–Crippen MR) is 122 cm³/mol. The van der Waals surface area contributed by atoms with Crippen LogP contribution in [0, 0.1) is 6.92 Å². The van der Waals surface area contributed by atoms with Crippen LogP contribution in [0.4, 0.5) is 0 Å². The molecule has 0 heterocycles. The van der Waals surface area contributed by atoms with Crippen molar-refractivity contribution >= 4 is 23.6 Å². The van der Waals surface area contributed by atoms with Gasteiger partial charge in [0.25, 0.3) is 0 Å². The van der Waals surface area contributed by atoms with Gasteiger partial charge < -0.3 is 10.2 Å². The van der Waals surface area contributed by atoms with Crippen LogP contribution >= 0.6 is 11.8 Å². The molecular weight excluding hydrogens is 380 g/mol. The minimum absolute atomic E-state index is 0.0118. The molecule has 0 aliphatic carbocycles. The molecule has 1 N–H and O–H groups in total. The molecular formula is C24H32N2O2S. The maximum absolute atomic E-state index is 13.0. The third-order valence-corrected chi connectivity index (χ3v) is 5.77. The number of nitrogens with zero attached hydrogens (tertiary/aromatic N) is 1. The SMILES string of the molecule is CCCNC(=O)C(C)N(CCc1ccccc1)C(=O)CSCc1cccc(C)c1. The van der Waals surface area contributed by atoms with E-state index in [0.717, 1.165) is 18.6 Å². The van der Waals surface area contributed by atoms with Crippen LogP contribution in [0.1, 0.15) is 37.0 Å². The topological polar surface area (TPSA) is 49.4 Å². The summed E-state index contributed by atoms with van der Waals surface area (Å²) in [5.41, 5.74) is 3.60. The first kappa shape index (κ1) is 23.0. The molecule has 2 rings (SSSR count). The van der Waals surface area contributed by atoms with E-state index in [2.05, 4.69) is 42.6 Å². The van der Waals surface area contributed by atoms with Gasteiger partial charge in [-0.25, -0.2) is 0 Å². The van der Waals surface area contributed by atoms with Crippen molar-refractivity contribution in [3.63, 3.8) is 0 Å². The molecule has 0 bridgehead atoms. The van der Waals surface area contributed by atoms with Crippen LogP contribution in [-0.4, -0.2) is 41.6 Å². The Balaban J connectivity index is 1.97. The number of carbonyl (C=O) groups is 2. The lowest BCUT2D eigenvalue weighted by atomic mass is 10.1. The number of thioether (sulfide) groups is 1. The predicted octanol–water partition coefficient (Wildman–Crippen LogP) is 4.21. The lowest BCUT2D eigenvalue weighted by Crippen LogP contribution is -2.49. The summed E-state index contributed by atoms with van der Waals surface area (Å²) in [6.45, 7) is 7.08. The first-order valence-electron chi connectivity index (χ1n) is 10.3. The van der Waals surface area contributed by atoms with Crippen molar-refractivity contribution in [2.75, 3.05) is 18.8 Å². The van der Waals surface area contributed by atoms with Gasteiger partial charge in [-0.1, -0.05) is 67.1 Å². The van der Waals surface area contributed by atoms with E-state index in [4.69, 9.17) is 0 Å². The first-order chi connectivity index (χ1) is 14.0. The molecule has 0 aliphatic heterocycles. The van der Waals surface area contributed by atoms with Gasteiger partial charge in [0, 0.05) is 18.8 Å². The van der Waals surface area contributed by atoms with Gasteiger partial charge in [0.1, 0.15) is 6.04 Å². The van der Waals surface area contributed by atoms with Crippen LogP contribution in [-0.2, 0) is 21.8 Å². The summed E-state index contributed by atoms with van der Waals surface area (Å²) < 4.78 is 0. The van der Waals surface area contributed by atoms with Gasteiger partial charge in [-0.15, -0.1) is 11.8 Å². The van der Waals surface area contributed by atoms with Crippen LogP contribution in [0.3, 0.4) is 0 Å². The number of hydrogen-bond donors (Lipinski definition) is 1. The van der Waals surface area contributed by atoms with Crippen molar-refractivity contribution in [2.24, 2.45) is 0 Å². The quantitative estimate of drug-likeness (QED) is 0.601. The maximum atomic E-state index is 13.0. The lowest BCUT2D eigenvalue weighted by molar-refractivity contribution is -0.137. The Labute approximate surface area is 179 Å². The number of benzene rings is 2. The lowest BCUT2D eigenvalue weighted by Gasteiger charge is -2.28. The van der Waals surface area contributed by atoms with Crippen LogP contribution < -0.4 is 5.32 Å². The van der Waals surface area contributed by atoms with Gasteiger partial charge in [-0.2, -0.15) is 0 Å². The van der Waals surface area contributed by atoms with E-state index in [1.807, 2.05) is 38.1 Å². The third kappa shape index (κ3) is 7.94. The highest BCUT2D eigenvalue weighted by Gasteiger charge is 2.25. The molecule has 1 atom stereocenters. The second kappa shape index (κ2) is 12.3. The number of nitrogens with one attached hydrogen (secondary N) is 1. The Morgan fingerprint density at radius 1 is 1.07 bits per heavy atom. The fourth-order valence-electron chi connectivity index (χ4n) is 3.11. The summed E-state index contributed by atoms with van der Waals surface area (Å²) in [7, 11) is 0. The second-order valence-electron chi connectivity index (χ2n) is 7.27. The molecule has 0 fully saturated rings. The third-order valence-electron chi connectivity index (χ3n) is 4.78. The number of carbonyl (C=O) groups excluding carboxylic acids is 2. The Morgan fingerprint density at radius 3 is 2.48 bits per heavy atom. The zero-order chi connectivity index (χ0) is 21.1. The summed E-state index contributed by atoms with van der Waals surface area (Å²) in [4.78, 5) is 27.2. The van der Waals surface area contributed by atoms with E-state index in [0.29, 0.717) is 18.8 Å². The molecule has 2 amide bonds. The maximum Gasteiger partial charge on any atom is 0.242 e. The molecule has 2 aromatic carbocycles. The molecule has 5 heteroatoms. The molecule has 29 heavy (non-hydrogen) atoms. The number of amides is 2. The van der Waals surface area contributed by atoms with E-state index in [1.165, 1.54) is 16.7 Å². The smallest absolute Gasteiger partial charge is 0.242 e. The second-order valence-corrected chi connectivity index (χ2v) is 8.26. The average molecular weight is 413 g/mol. The standard InChI is InChI=1S/C24H32N2O2S/c1-4-14-25-24(28)20(3)26(15-13-21-10-6-5-7-11-21)23(27)18-29-17-22-12-8-9-19(2)16-22/h5-12,16,20H,4,13-15,17-18H2,1-3H3,(H,25,28). The van der Waals surface area contributed by atoms with Gasteiger partial charge in [0.15, 0.2) is 0 Å². The number of aryl methyl sites for hydroxylation is 1. The van der Waals surface area contributed by atoms with Crippen LogP contribution in [0.5, 0.6) is 0 Å². The Bertz CT molecular complexity index is 779. The molecule has 0 saturated heterocycles. The van der Waals surface area contributed by atoms with Gasteiger partial charge >= 0.3 is 0 Å². The summed E-state index contributed by atoms with van der Waals surface area (Å²) in [6.07, 6.45) is 1.61. The minimum atomic E-state index is -0.475. The van der Waals surface area contributed by atoms with Gasteiger partial charge in [-0.3, -0.25) is 9.59 Å². The van der Waals surface area contributed by atoms with Crippen molar-refractivity contribution < 1.29 is 9.59 Å². The molecule has 0 aromatic heterocycles. The summed E-state index contributed by atoms with van der Waals surface area (Å²) in [5.74, 6) is 1.08. The average Bonchev–Trinajstić information content (AvgIpc) is 2.72. The summed E-state index contributed by atoms with van der Waals surface area (Å²) in [6, 6.07) is 17.9. The van der Waals surface area contributed by atoms with Crippen LogP contribution in [0.15, 0.2) is 54.6 Å². The Morgan fingerprint density at radius 2 is 1.79 bits per heavy atom. The molecule has 1 unspecified atom stereocenters. The first-order valence-corrected chi connectivity index (χ1v) is 11.4. The Kier molecular flexibility index (Phi) is 9.78. The van der Waals surface area contributed by atoms with Crippen molar-refractivity contribution in [3.05, 3.63) is 71.3 Å². The molecule has 0 radical (unpaired) electrons. The zero-order valence-electron chi connectivity index (χ0n) is 17.7. The monoisotopic (exact) mass is 412 g/mol. The van der Waals surface area contributed by atoms with E-state index < -0.39 is 6.04 Å². The molecule has 0 spiro atoms. The highest BCUT2D eigenvalue weighted by atomic mass is 32.2. The largest absolute Gasteiger partial charge is 0.354 e. The van der Waals surface area contributed by atoms with E-state index in [1.54, 1.807) is 16.7 Å². The minimum Gasteiger partial charge on any atom is -0.354 e. The van der Waals surface area contributed by atoms with Crippen LogP contribution in [0.2, 0.25) is 0 Å². The molecule has 2 aromatic rings. The molecule has 4 nitrogen and oxygen atoms in total. The summed E-state index contributed by atoms with van der Waals surface area (Å²) in [5, 5.41) is 2.91. The normalized spacial score (nSPS) is 11.7. The van der Waals surface area contributed by atoms with E-state index in [-0.39, 0.29) is 11.8 Å². The molecule has 0 saturated carbocycles. The number of rotatable bonds is 11.